The van der Waals surface area contributed by atoms with E-state index in [0.29, 0.717) is 24.6 Å². The van der Waals surface area contributed by atoms with E-state index in [0.717, 1.165) is 31.4 Å². The zero-order valence-corrected chi connectivity index (χ0v) is 14.8. The van der Waals surface area contributed by atoms with Crippen LogP contribution in [0.2, 0.25) is 0 Å². The molecule has 24 heavy (non-hydrogen) atoms. The number of carbonyl (C=O) groups excluding carboxylic acids is 2. The molecule has 0 radical (unpaired) electrons. The van der Waals surface area contributed by atoms with Crippen LogP contribution in [0.5, 0.6) is 0 Å². The second-order valence-corrected chi connectivity index (χ2v) is 7.52. The Morgan fingerprint density at radius 1 is 1.25 bits per heavy atom. The molecule has 2 fully saturated rings. The molecular weight excluding hydrogens is 322 g/mol. The fourth-order valence-corrected chi connectivity index (χ4v) is 4.60. The molecule has 130 valence electrons. The van der Waals surface area contributed by atoms with Crippen LogP contribution in [0, 0.1) is 5.92 Å². The Kier molecular flexibility index (Phi) is 6.12. The molecule has 1 aromatic heterocycles. The Balaban J connectivity index is 1.50. The Morgan fingerprint density at radius 2 is 2.08 bits per heavy atom. The van der Waals surface area contributed by atoms with Crippen LogP contribution in [0.1, 0.15) is 37.8 Å². The number of pyridine rings is 1. The van der Waals surface area contributed by atoms with Crippen LogP contribution >= 0.6 is 11.8 Å². The van der Waals surface area contributed by atoms with E-state index in [-0.39, 0.29) is 23.8 Å². The van der Waals surface area contributed by atoms with E-state index < -0.39 is 0 Å². The van der Waals surface area contributed by atoms with Gasteiger partial charge in [-0.1, -0.05) is 25.3 Å². The third kappa shape index (κ3) is 4.29. The summed E-state index contributed by atoms with van der Waals surface area (Å²) >= 11 is 1.67. The van der Waals surface area contributed by atoms with Crippen molar-refractivity contribution in [1.82, 2.24) is 15.2 Å². The van der Waals surface area contributed by atoms with Crippen LogP contribution in [-0.4, -0.2) is 45.9 Å². The normalized spacial score (nSPS) is 21.7. The number of aromatic nitrogens is 1. The summed E-state index contributed by atoms with van der Waals surface area (Å²) in [6.45, 7) is 0.558. The number of amides is 2. The highest BCUT2D eigenvalue weighted by Crippen LogP contribution is 2.29. The molecule has 5 nitrogen and oxygen atoms in total. The summed E-state index contributed by atoms with van der Waals surface area (Å²) in [6.07, 6.45) is 7.94. The van der Waals surface area contributed by atoms with Gasteiger partial charge in [0, 0.05) is 36.5 Å². The Bertz CT molecular complexity index is 561. The molecule has 2 amide bonds. The number of hydrogen-bond acceptors (Lipinski definition) is 4. The zero-order valence-electron chi connectivity index (χ0n) is 13.9. The second kappa shape index (κ2) is 8.51. The molecule has 3 rings (SSSR count). The molecule has 2 heterocycles. The summed E-state index contributed by atoms with van der Waals surface area (Å²) in [5.41, 5.74) is 0.966. The molecule has 2 aliphatic rings. The average Bonchev–Trinajstić information content (AvgIpc) is 3.12. The molecule has 1 aliphatic heterocycles. The molecule has 1 N–H and O–H groups in total. The van der Waals surface area contributed by atoms with Gasteiger partial charge in [0.25, 0.3) is 0 Å². The smallest absolute Gasteiger partial charge is 0.243 e. The first-order chi connectivity index (χ1) is 11.8. The summed E-state index contributed by atoms with van der Waals surface area (Å²) in [4.78, 5) is 31.3. The van der Waals surface area contributed by atoms with Gasteiger partial charge in [0.05, 0.1) is 5.88 Å². The van der Waals surface area contributed by atoms with Crippen LogP contribution in [0.15, 0.2) is 24.4 Å². The third-order valence-electron chi connectivity index (χ3n) is 4.83. The highest BCUT2D eigenvalue weighted by molar-refractivity contribution is 7.99. The van der Waals surface area contributed by atoms with Crippen LogP contribution in [0.25, 0.3) is 0 Å². The summed E-state index contributed by atoms with van der Waals surface area (Å²) in [6, 6.07) is 5.47. The van der Waals surface area contributed by atoms with Gasteiger partial charge < -0.3 is 10.2 Å². The number of carbonyl (C=O) groups is 2. The van der Waals surface area contributed by atoms with E-state index in [2.05, 4.69) is 10.3 Å². The minimum Gasteiger partial charge on any atom is -0.354 e. The fourth-order valence-electron chi connectivity index (χ4n) is 3.44. The van der Waals surface area contributed by atoms with Gasteiger partial charge in [-0.2, -0.15) is 0 Å². The topological polar surface area (TPSA) is 62.3 Å². The zero-order chi connectivity index (χ0) is 16.8. The maximum absolute atomic E-state index is 12.7. The standard InChI is InChI=1S/C18H25N3O2S/c22-17(20-11-9-15-8-4-5-10-19-15)16-12-24-13-21(16)18(23)14-6-2-1-3-7-14/h4-5,8,10,14,16H,1-3,6-7,9,11-13H2,(H,20,22). The fraction of sp³-hybridized carbons (Fsp3) is 0.611. The summed E-state index contributed by atoms with van der Waals surface area (Å²) in [7, 11) is 0. The van der Waals surface area contributed by atoms with Gasteiger partial charge in [-0.15, -0.1) is 11.8 Å². The van der Waals surface area contributed by atoms with E-state index >= 15 is 0 Å². The highest BCUT2D eigenvalue weighted by atomic mass is 32.2. The lowest BCUT2D eigenvalue weighted by molar-refractivity contribution is -0.141. The van der Waals surface area contributed by atoms with Crippen molar-refractivity contribution in [3.05, 3.63) is 30.1 Å². The van der Waals surface area contributed by atoms with Gasteiger partial charge in [-0.25, -0.2) is 0 Å². The first-order valence-electron chi connectivity index (χ1n) is 8.81. The minimum absolute atomic E-state index is 0.0277. The Morgan fingerprint density at radius 3 is 2.83 bits per heavy atom. The third-order valence-corrected chi connectivity index (χ3v) is 5.84. The van der Waals surface area contributed by atoms with Crippen molar-refractivity contribution in [2.24, 2.45) is 5.92 Å². The van der Waals surface area contributed by atoms with Crippen molar-refractivity contribution in [3.8, 4) is 0 Å². The largest absolute Gasteiger partial charge is 0.354 e. The molecule has 0 spiro atoms. The van der Waals surface area contributed by atoms with E-state index in [4.69, 9.17) is 0 Å². The molecule has 0 bridgehead atoms. The van der Waals surface area contributed by atoms with Crippen molar-refractivity contribution in [1.29, 1.82) is 0 Å². The predicted octanol–water partition coefficient (Wildman–Crippen LogP) is 2.22. The van der Waals surface area contributed by atoms with Crippen molar-refractivity contribution in [3.63, 3.8) is 0 Å². The van der Waals surface area contributed by atoms with Crippen LogP contribution in [0.3, 0.4) is 0 Å². The summed E-state index contributed by atoms with van der Waals surface area (Å²) in [5, 5.41) is 2.97. The van der Waals surface area contributed by atoms with Gasteiger partial charge in [-0.05, 0) is 25.0 Å². The van der Waals surface area contributed by atoms with Gasteiger partial charge in [0.15, 0.2) is 0 Å². The maximum Gasteiger partial charge on any atom is 0.243 e. The van der Waals surface area contributed by atoms with Crippen molar-refractivity contribution in [2.45, 2.75) is 44.6 Å². The lowest BCUT2D eigenvalue weighted by Gasteiger charge is -2.29. The average molecular weight is 347 g/mol. The lowest BCUT2D eigenvalue weighted by Crippen LogP contribution is -2.49. The van der Waals surface area contributed by atoms with E-state index in [9.17, 15) is 9.59 Å². The monoisotopic (exact) mass is 347 g/mol. The van der Waals surface area contributed by atoms with Crippen LogP contribution in [0.4, 0.5) is 0 Å². The molecule has 1 aliphatic carbocycles. The van der Waals surface area contributed by atoms with Crippen LogP contribution < -0.4 is 5.32 Å². The molecule has 6 heteroatoms. The Hall–Kier alpha value is -1.56. The highest BCUT2D eigenvalue weighted by Gasteiger charge is 2.37. The summed E-state index contributed by atoms with van der Waals surface area (Å²) < 4.78 is 0. The Labute approximate surface area is 147 Å². The number of nitrogens with zero attached hydrogens (tertiary/aromatic N) is 2. The summed E-state index contributed by atoms with van der Waals surface area (Å²) in [5.74, 6) is 1.63. The van der Waals surface area contributed by atoms with E-state index in [1.54, 1.807) is 22.9 Å². The SMILES string of the molecule is O=C(NCCc1ccccn1)C1CSCN1C(=O)C1CCCCC1. The maximum atomic E-state index is 12.7. The van der Waals surface area contributed by atoms with Gasteiger partial charge in [-0.3, -0.25) is 14.6 Å². The number of thioether (sulfide) groups is 1. The number of nitrogens with one attached hydrogen (secondary N) is 1. The molecule has 0 aromatic carbocycles. The second-order valence-electron chi connectivity index (χ2n) is 6.52. The van der Waals surface area contributed by atoms with E-state index in [1.807, 2.05) is 18.2 Å². The predicted molar refractivity (Wildman–Crippen MR) is 95.5 cm³/mol. The number of rotatable bonds is 5. The first kappa shape index (κ1) is 17.3. The van der Waals surface area contributed by atoms with Crippen molar-refractivity contribution in [2.75, 3.05) is 18.2 Å². The quantitative estimate of drug-likeness (QED) is 0.887. The van der Waals surface area contributed by atoms with Crippen molar-refractivity contribution >= 4 is 23.6 Å². The van der Waals surface area contributed by atoms with E-state index in [1.165, 1.54) is 6.42 Å². The van der Waals surface area contributed by atoms with Crippen LogP contribution in [-0.2, 0) is 16.0 Å². The van der Waals surface area contributed by atoms with Gasteiger partial charge >= 0.3 is 0 Å². The molecule has 1 saturated heterocycles. The first-order valence-corrected chi connectivity index (χ1v) is 9.97. The lowest BCUT2D eigenvalue weighted by atomic mass is 9.88. The van der Waals surface area contributed by atoms with Gasteiger partial charge in [0.2, 0.25) is 11.8 Å². The molecule has 1 unspecified atom stereocenters. The minimum atomic E-state index is -0.312. The van der Waals surface area contributed by atoms with Gasteiger partial charge in [0.1, 0.15) is 6.04 Å². The molecule has 1 saturated carbocycles. The molecule has 1 atom stereocenters. The molecule has 1 aromatic rings. The van der Waals surface area contributed by atoms with Crippen molar-refractivity contribution < 1.29 is 9.59 Å². The molecular formula is C18H25N3O2S. The number of hydrogen-bond donors (Lipinski definition) is 1.